The van der Waals surface area contributed by atoms with E-state index in [1.807, 2.05) is 24.3 Å². The summed E-state index contributed by atoms with van der Waals surface area (Å²) in [5.41, 5.74) is 7.26. The van der Waals surface area contributed by atoms with Gasteiger partial charge >= 0.3 is 6.01 Å². The highest BCUT2D eigenvalue weighted by molar-refractivity contribution is 5.57. The van der Waals surface area contributed by atoms with Crippen molar-refractivity contribution in [3.63, 3.8) is 0 Å². The summed E-state index contributed by atoms with van der Waals surface area (Å²) in [4.78, 5) is 7.86. The third-order valence-corrected chi connectivity index (χ3v) is 2.88. The maximum absolute atomic E-state index is 13.8. The van der Waals surface area contributed by atoms with Crippen LogP contribution in [0.1, 0.15) is 25.3 Å². The van der Waals surface area contributed by atoms with E-state index in [1.54, 1.807) is 0 Å². The van der Waals surface area contributed by atoms with Crippen molar-refractivity contribution in [3.05, 3.63) is 41.8 Å². The fourth-order valence-electron chi connectivity index (χ4n) is 1.73. The minimum absolute atomic E-state index is 0.0886. The highest BCUT2D eigenvalue weighted by Gasteiger charge is 2.08. The van der Waals surface area contributed by atoms with Crippen molar-refractivity contribution < 1.29 is 9.13 Å². The van der Waals surface area contributed by atoms with Gasteiger partial charge in [-0.3, -0.25) is 0 Å². The van der Waals surface area contributed by atoms with Crippen LogP contribution < -0.4 is 15.8 Å². The Balaban J connectivity index is 2.12. The molecule has 0 unspecified atom stereocenters. The van der Waals surface area contributed by atoms with Crippen LogP contribution in [-0.4, -0.2) is 16.6 Å². The third-order valence-electron chi connectivity index (χ3n) is 2.88. The van der Waals surface area contributed by atoms with Gasteiger partial charge in [-0.25, -0.2) is 9.37 Å². The van der Waals surface area contributed by atoms with Gasteiger partial charge in [0, 0.05) is 12.2 Å². The zero-order valence-electron chi connectivity index (χ0n) is 12.0. The van der Waals surface area contributed by atoms with Crippen LogP contribution in [0.15, 0.2) is 30.5 Å². The topological polar surface area (TPSA) is 73.1 Å². The smallest absolute Gasteiger partial charge is 0.318 e. The van der Waals surface area contributed by atoms with Gasteiger partial charge in [-0.15, -0.1) is 0 Å². The van der Waals surface area contributed by atoms with Crippen molar-refractivity contribution in [2.45, 2.75) is 26.3 Å². The fraction of sp³-hybridized carbons (Fsp3) is 0.333. The van der Waals surface area contributed by atoms with Crippen LogP contribution in [0.5, 0.6) is 6.01 Å². The Morgan fingerprint density at radius 3 is 3.00 bits per heavy atom. The molecular weight excluding hydrogens is 271 g/mol. The van der Waals surface area contributed by atoms with E-state index < -0.39 is 5.82 Å². The number of ether oxygens (including phenoxy) is 1. The summed E-state index contributed by atoms with van der Waals surface area (Å²) >= 11 is 0. The largest absolute Gasteiger partial charge is 0.463 e. The van der Waals surface area contributed by atoms with Gasteiger partial charge in [-0.05, 0) is 24.1 Å². The number of hydrogen-bond acceptors (Lipinski definition) is 5. The minimum atomic E-state index is -0.531. The number of nitrogens with one attached hydrogen (secondary N) is 1. The van der Waals surface area contributed by atoms with Gasteiger partial charge in [-0.1, -0.05) is 25.5 Å². The molecule has 1 heterocycles. The first-order valence-corrected chi connectivity index (χ1v) is 6.94. The SMILES string of the molecule is CCCCOc1ncc(F)c(Nc2cccc(CN)c2)n1. The monoisotopic (exact) mass is 290 g/mol. The lowest BCUT2D eigenvalue weighted by Gasteiger charge is -2.09. The maximum Gasteiger partial charge on any atom is 0.318 e. The van der Waals surface area contributed by atoms with Gasteiger partial charge in [-0.2, -0.15) is 4.98 Å². The summed E-state index contributed by atoms with van der Waals surface area (Å²) in [6, 6.07) is 7.59. The van der Waals surface area contributed by atoms with Gasteiger partial charge in [0.05, 0.1) is 12.8 Å². The fourth-order valence-corrected chi connectivity index (χ4v) is 1.73. The van der Waals surface area contributed by atoms with Crippen LogP contribution in [0.3, 0.4) is 0 Å². The molecule has 3 N–H and O–H groups in total. The highest BCUT2D eigenvalue weighted by atomic mass is 19.1. The molecule has 0 bridgehead atoms. The van der Waals surface area contributed by atoms with E-state index >= 15 is 0 Å². The molecule has 0 fully saturated rings. The number of unbranched alkanes of at least 4 members (excludes halogenated alkanes) is 1. The predicted molar refractivity (Wildman–Crippen MR) is 80.0 cm³/mol. The van der Waals surface area contributed by atoms with Gasteiger partial charge < -0.3 is 15.8 Å². The average molecular weight is 290 g/mol. The zero-order valence-corrected chi connectivity index (χ0v) is 12.0. The molecule has 1 aromatic carbocycles. The number of aromatic nitrogens is 2. The number of nitrogens with zero attached hydrogens (tertiary/aromatic N) is 2. The van der Waals surface area contributed by atoms with Crippen molar-refractivity contribution in [2.75, 3.05) is 11.9 Å². The van der Waals surface area contributed by atoms with Crippen LogP contribution in [0, 0.1) is 5.82 Å². The molecule has 0 radical (unpaired) electrons. The van der Waals surface area contributed by atoms with Crippen LogP contribution in [0.25, 0.3) is 0 Å². The second-order valence-corrected chi connectivity index (χ2v) is 4.58. The number of halogens is 1. The summed E-state index contributed by atoms with van der Waals surface area (Å²) < 4.78 is 19.1. The Morgan fingerprint density at radius 2 is 2.24 bits per heavy atom. The molecule has 6 heteroatoms. The van der Waals surface area contributed by atoms with E-state index in [0.29, 0.717) is 13.2 Å². The van der Waals surface area contributed by atoms with Crippen LogP contribution >= 0.6 is 0 Å². The molecule has 0 saturated heterocycles. The van der Waals surface area contributed by atoms with Crippen LogP contribution in [0.2, 0.25) is 0 Å². The molecule has 0 aliphatic carbocycles. The Labute approximate surface area is 123 Å². The molecule has 112 valence electrons. The Kier molecular flexibility index (Phi) is 5.45. The quantitative estimate of drug-likeness (QED) is 0.767. The maximum atomic E-state index is 13.8. The summed E-state index contributed by atoms with van der Waals surface area (Å²) in [6.45, 7) is 3.00. The summed E-state index contributed by atoms with van der Waals surface area (Å²) in [5.74, 6) is -0.443. The first-order chi connectivity index (χ1) is 10.2. The molecule has 5 nitrogen and oxygen atoms in total. The summed E-state index contributed by atoms with van der Waals surface area (Å²) in [7, 11) is 0. The Hall–Kier alpha value is -2.21. The number of nitrogens with two attached hydrogens (primary N) is 1. The molecule has 2 aromatic rings. The van der Waals surface area contributed by atoms with Crippen LogP contribution in [0.4, 0.5) is 15.9 Å². The molecule has 0 aliphatic rings. The van der Waals surface area contributed by atoms with Crippen molar-refractivity contribution in [3.8, 4) is 6.01 Å². The minimum Gasteiger partial charge on any atom is -0.463 e. The first-order valence-electron chi connectivity index (χ1n) is 6.94. The summed E-state index contributed by atoms with van der Waals surface area (Å²) in [5, 5.41) is 2.92. The molecule has 0 amide bonds. The first kappa shape index (κ1) is 15.2. The van der Waals surface area contributed by atoms with E-state index in [9.17, 15) is 4.39 Å². The number of hydrogen-bond donors (Lipinski definition) is 2. The third kappa shape index (κ3) is 4.39. The van der Waals surface area contributed by atoms with Crippen LogP contribution in [-0.2, 0) is 6.54 Å². The standard InChI is InChI=1S/C15H19FN4O/c1-2-3-7-21-15-18-10-13(16)14(20-15)19-12-6-4-5-11(8-12)9-17/h4-6,8,10H,2-3,7,9,17H2,1H3,(H,18,19,20). The lowest BCUT2D eigenvalue weighted by atomic mass is 10.2. The van der Waals surface area contributed by atoms with Crippen molar-refractivity contribution in [1.29, 1.82) is 0 Å². The molecule has 1 aromatic heterocycles. The second-order valence-electron chi connectivity index (χ2n) is 4.58. The lowest BCUT2D eigenvalue weighted by molar-refractivity contribution is 0.284. The van der Waals surface area contributed by atoms with E-state index in [-0.39, 0.29) is 11.8 Å². The van der Waals surface area contributed by atoms with Crippen molar-refractivity contribution in [1.82, 2.24) is 9.97 Å². The van der Waals surface area contributed by atoms with E-state index in [0.717, 1.165) is 30.3 Å². The zero-order chi connectivity index (χ0) is 15.1. The predicted octanol–water partition coefficient (Wildman–Crippen LogP) is 3.00. The van der Waals surface area contributed by atoms with Gasteiger partial charge in [0.1, 0.15) is 0 Å². The van der Waals surface area contributed by atoms with Gasteiger partial charge in [0.2, 0.25) is 0 Å². The normalized spacial score (nSPS) is 10.4. The number of anilines is 2. The molecule has 21 heavy (non-hydrogen) atoms. The molecule has 0 aliphatic heterocycles. The molecular formula is C15H19FN4O. The van der Waals surface area contributed by atoms with Crippen molar-refractivity contribution >= 4 is 11.5 Å². The number of benzene rings is 1. The highest BCUT2D eigenvalue weighted by Crippen LogP contribution is 2.20. The van der Waals surface area contributed by atoms with Gasteiger partial charge in [0.25, 0.3) is 0 Å². The number of rotatable bonds is 7. The average Bonchev–Trinajstić information content (AvgIpc) is 2.51. The Bertz CT molecular complexity index is 592. The second kappa shape index (κ2) is 7.54. The molecule has 0 spiro atoms. The van der Waals surface area contributed by atoms with Crippen molar-refractivity contribution in [2.24, 2.45) is 5.73 Å². The van der Waals surface area contributed by atoms with E-state index in [1.165, 1.54) is 0 Å². The molecule has 0 saturated carbocycles. The van der Waals surface area contributed by atoms with E-state index in [2.05, 4.69) is 22.2 Å². The molecule has 2 rings (SSSR count). The van der Waals surface area contributed by atoms with E-state index in [4.69, 9.17) is 10.5 Å². The summed E-state index contributed by atoms with van der Waals surface area (Å²) in [6.07, 6.45) is 3.02. The Morgan fingerprint density at radius 1 is 1.38 bits per heavy atom. The lowest BCUT2D eigenvalue weighted by Crippen LogP contribution is -2.05. The van der Waals surface area contributed by atoms with Gasteiger partial charge in [0.15, 0.2) is 11.6 Å². The molecule has 0 atom stereocenters.